The van der Waals surface area contributed by atoms with Crippen LogP contribution in [0.3, 0.4) is 0 Å². The minimum absolute atomic E-state index is 0.0399. The van der Waals surface area contributed by atoms with E-state index in [-0.39, 0.29) is 6.61 Å². The minimum Gasteiger partial charge on any atom is -0.380 e. The number of carbonyl (C=O) groups is 1. The first-order valence-electron chi connectivity index (χ1n) is 7.92. The first kappa shape index (κ1) is 18.4. The van der Waals surface area contributed by atoms with E-state index in [1.54, 1.807) is 0 Å². The van der Waals surface area contributed by atoms with E-state index in [1.807, 2.05) is 0 Å². The van der Waals surface area contributed by atoms with E-state index < -0.39 is 5.91 Å². The lowest BCUT2D eigenvalue weighted by Gasteiger charge is -2.29. The Kier molecular flexibility index (Phi) is 10.4. The molecule has 1 aliphatic heterocycles. The molecule has 0 aliphatic carbocycles. The highest BCUT2D eigenvalue weighted by atomic mass is 16.5. The second-order valence-electron chi connectivity index (χ2n) is 5.62. The van der Waals surface area contributed by atoms with Gasteiger partial charge in [0.1, 0.15) is 6.61 Å². The zero-order valence-corrected chi connectivity index (χ0v) is 13.2. The molecule has 1 rings (SSSR count). The topological polar surface area (TPSA) is 74.0 Å². The molecule has 1 heterocycles. The minimum atomic E-state index is -0.452. The number of nitrogens with two attached hydrogens (primary N) is 1. The number of primary amides is 1. The van der Waals surface area contributed by atoms with E-state index in [4.69, 9.17) is 19.9 Å². The van der Waals surface area contributed by atoms with Crippen molar-refractivity contribution in [2.45, 2.75) is 26.2 Å². The third-order valence-electron chi connectivity index (χ3n) is 3.62. The molecule has 1 aliphatic rings. The fourth-order valence-electron chi connectivity index (χ4n) is 2.24. The Hall–Kier alpha value is -0.690. The summed E-state index contributed by atoms with van der Waals surface area (Å²) in [5.74, 6) is 0.429. The van der Waals surface area contributed by atoms with Crippen molar-refractivity contribution in [3.05, 3.63) is 0 Å². The van der Waals surface area contributed by atoms with Crippen molar-refractivity contribution in [1.82, 2.24) is 4.90 Å². The van der Waals surface area contributed by atoms with Crippen LogP contribution in [0, 0.1) is 5.92 Å². The molecular formula is C15H30N2O4. The average molecular weight is 302 g/mol. The summed E-state index contributed by atoms with van der Waals surface area (Å²) in [6.45, 7) is 8.81. The molecule has 1 fully saturated rings. The molecule has 0 aromatic carbocycles. The maximum absolute atomic E-state index is 10.4. The van der Waals surface area contributed by atoms with E-state index in [0.717, 1.165) is 32.1 Å². The number of hydrogen-bond donors (Lipinski definition) is 1. The van der Waals surface area contributed by atoms with Crippen molar-refractivity contribution in [3.63, 3.8) is 0 Å². The number of hydrogen-bond acceptors (Lipinski definition) is 5. The van der Waals surface area contributed by atoms with Gasteiger partial charge in [-0.15, -0.1) is 0 Å². The molecule has 6 nitrogen and oxygen atoms in total. The number of ether oxygens (including phenoxy) is 3. The van der Waals surface area contributed by atoms with Gasteiger partial charge in [0.2, 0.25) is 5.91 Å². The standard InChI is InChI=1S/C15H30N2O4/c1-14-3-5-17(6-4-14)7-10-19-8-2-9-20-11-12-21-13-15(16)18/h14H,2-13H2,1H3,(H2,16,18). The maximum atomic E-state index is 10.4. The van der Waals surface area contributed by atoms with Crippen LogP contribution in [0.4, 0.5) is 0 Å². The largest absolute Gasteiger partial charge is 0.380 e. The molecule has 21 heavy (non-hydrogen) atoms. The van der Waals surface area contributed by atoms with Gasteiger partial charge in [-0.05, 0) is 38.3 Å². The number of amides is 1. The first-order chi connectivity index (χ1) is 10.2. The Balaban J connectivity index is 1.75. The molecule has 124 valence electrons. The lowest BCUT2D eigenvalue weighted by Crippen LogP contribution is -2.35. The van der Waals surface area contributed by atoms with Crippen molar-refractivity contribution >= 4 is 5.91 Å². The number of carbonyl (C=O) groups excluding carboxylic acids is 1. The molecule has 2 N–H and O–H groups in total. The summed E-state index contributed by atoms with van der Waals surface area (Å²) in [7, 11) is 0. The van der Waals surface area contributed by atoms with E-state index in [2.05, 4.69) is 11.8 Å². The van der Waals surface area contributed by atoms with Gasteiger partial charge in [0.25, 0.3) is 0 Å². The van der Waals surface area contributed by atoms with Gasteiger partial charge in [-0.3, -0.25) is 4.79 Å². The first-order valence-corrected chi connectivity index (χ1v) is 7.92. The summed E-state index contributed by atoms with van der Waals surface area (Å²) in [6, 6.07) is 0. The monoisotopic (exact) mass is 302 g/mol. The highest BCUT2D eigenvalue weighted by Gasteiger charge is 2.14. The van der Waals surface area contributed by atoms with Crippen LogP contribution in [0.1, 0.15) is 26.2 Å². The Labute approximate surface area is 127 Å². The molecule has 0 saturated carbocycles. The summed E-state index contributed by atoms with van der Waals surface area (Å²) in [5, 5.41) is 0. The van der Waals surface area contributed by atoms with Crippen LogP contribution < -0.4 is 5.73 Å². The van der Waals surface area contributed by atoms with Gasteiger partial charge in [0.15, 0.2) is 0 Å². The maximum Gasteiger partial charge on any atom is 0.243 e. The van der Waals surface area contributed by atoms with Crippen LogP contribution in [0.2, 0.25) is 0 Å². The van der Waals surface area contributed by atoms with E-state index in [1.165, 1.54) is 25.9 Å². The van der Waals surface area contributed by atoms with Crippen molar-refractivity contribution in [1.29, 1.82) is 0 Å². The van der Waals surface area contributed by atoms with Crippen LogP contribution >= 0.6 is 0 Å². The van der Waals surface area contributed by atoms with Crippen LogP contribution in [0.25, 0.3) is 0 Å². The van der Waals surface area contributed by atoms with Crippen molar-refractivity contribution in [2.75, 3.05) is 59.3 Å². The Morgan fingerprint density at radius 3 is 2.33 bits per heavy atom. The van der Waals surface area contributed by atoms with Gasteiger partial charge in [0, 0.05) is 19.8 Å². The average Bonchev–Trinajstić information content (AvgIpc) is 2.46. The summed E-state index contributed by atoms with van der Waals surface area (Å²) in [6.07, 6.45) is 3.50. The second kappa shape index (κ2) is 11.9. The van der Waals surface area contributed by atoms with Gasteiger partial charge in [-0.1, -0.05) is 6.92 Å². The fraction of sp³-hybridized carbons (Fsp3) is 0.933. The van der Waals surface area contributed by atoms with Crippen LogP contribution in [0.5, 0.6) is 0 Å². The van der Waals surface area contributed by atoms with E-state index in [0.29, 0.717) is 19.8 Å². The van der Waals surface area contributed by atoms with Crippen LogP contribution in [-0.4, -0.2) is 70.1 Å². The Morgan fingerprint density at radius 2 is 1.67 bits per heavy atom. The highest BCUT2D eigenvalue weighted by Crippen LogP contribution is 2.15. The molecule has 6 heteroatoms. The molecule has 1 amide bonds. The molecule has 0 bridgehead atoms. The highest BCUT2D eigenvalue weighted by molar-refractivity contribution is 5.74. The quantitative estimate of drug-likeness (QED) is 0.536. The molecule has 0 aromatic heterocycles. The van der Waals surface area contributed by atoms with E-state index in [9.17, 15) is 4.79 Å². The van der Waals surface area contributed by atoms with Crippen LogP contribution in [-0.2, 0) is 19.0 Å². The molecule has 0 spiro atoms. The van der Waals surface area contributed by atoms with Crippen LogP contribution in [0.15, 0.2) is 0 Å². The summed E-state index contributed by atoms with van der Waals surface area (Å²) >= 11 is 0. The smallest absolute Gasteiger partial charge is 0.243 e. The van der Waals surface area contributed by atoms with Gasteiger partial charge in [-0.2, -0.15) is 0 Å². The predicted molar refractivity (Wildman–Crippen MR) is 81.1 cm³/mol. The van der Waals surface area contributed by atoms with Crippen molar-refractivity contribution < 1.29 is 19.0 Å². The van der Waals surface area contributed by atoms with Gasteiger partial charge < -0.3 is 24.8 Å². The third-order valence-corrected chi connectivity index (χ3v) is 3.62. The second-order valence-corrected chi connectivity index (χ2v) is 5.62. The molecule has 0 unspecified atom stereocenters. The third kappa shape index (κ3) is 10.6. The van der Waals surface area contributed by atoms with Crippen molar-refractivity contribution in [2.24, 2.45) is 11.7 Å². The Morgan fingerprint density at radius 1 is 1.05 bits per heavy atom. The lowest BCUT2D eigenvalue weighted by molar-refractivity contribution is -0.123. The van der Waals surface area contributed by atoms with E-state index >= 15 is 0 Å². The van der Waals surface area contributed by atoms with Gasteiger partial charge >= 0.3 is 0 Å². The zero-order chi connectivity index (χ0) is 15.3. The number of rotatable bonds is 12. The number of likely N-dealkylation sites (tertiary alicyclic amines) is 1. The number of piperidine rings is 1. The van der Waals surface area contributed by atoms with Gasteiger partial charge in [0.05, 0.1) is 19.8 Å². The normalized spacial score (nSPS) is 17.2. The fourth-order valence-corrected chi connectivity index (χ4v) is 2.24. The van der Waals surface area contributed by atoms with Crippen molar-refractivity contribution in [3.8, 4) is 0 Å². The zero-order valence-electron chi connectivity index (χ0n) is 13.2. The number of nitrogens with zero attached hydrogens (tertiary/aromatic N) is 1. The Bertz CT molecular complexity index is 268. The summed E-state index contributed by atoms with van der Waals surface area (Å²) in [4.78, 5) is 12.9. The SMILES string of the molecule is CC1CCN(CCOCCCOCCOCC(N)=O)CC1. The lowest BCUT2D eigenvalue weighted by atomic mass is 9.99. The molecule has 0 aromatic rings. The molecule has 0 atom stereocenters. The summed E-state index contributed by atoms with van der Waals surface area (Å²) in [5.41, 5.74) is 4.94. The molecule has 1 saturated heterocycles. The van der Waals surface area contributed by atoms with Gasteiger partial charge in [-0.25, -0.2) is 0 Å². The predicted octanol–water partition coefficient (Wildman–Crippen LogP) is 0.644. The molecular weight excluding hydrogens is 272 g/mol. The molecule has 0 radical (unpaired) electrons. The summed E-state index contributed by atoms with van der Waals surface area (Å²) < 4.78 is 15.9.